The molecule has 0 spiro atoms. The zero-order valence-corrected chi connectivity index (χ0v) is 16.2. The van der Waals surface area contributed by atoms with Crippen molar-refractivity contribution in [1.29, 1.82) is 0 Å². The van der Waals surface area contributed by atoms with Crippen LogP contribution in [0.25, 0.3) is 0 Å². The van der Waals surface area contributed by atoms with Gasteiger partial charge in [0.05, 0.1) is 22.2 Å². The van der Waals surface area contributed by atoms with Crippen molar-refractivity contribution < 1.29 is 9.59 Å². The van der Waals surface area contributed by atoms with Gasteiger partial charge in [-0.15, -0.1) is 0 Å². The molecule has 0 bridgehead atoms. The van der Waals surface area contributed by atoms with E-state index in [0.29, 0.717) is 16.7 Å². The fraction of sp³-hybridized carbons (Fsp3) is 0.333. The summed E-state index contributed by atoms with van der Waals surface area (Å²) < 4.78 is 0. The number of rotatable bonds is 3. The van der Waals surface area contributed by atoms with Crippen molar-refractivity contribution in [1.82, 2.24) is 9.97 Å². The highest BCUT2D eigenvalue weighted by atomic mass is 35.5. The first-order valence-electron chi connectivity index (χ1n) is 8.87. The summed E-state index contributed by atoms with van der Waals surface area (Å²) in [5.74, 6) is -1.33. The Balaban J connectivity index is 1.66. The molecular formula is C18H17Cl2N5O3. The summed E-state index contributed by atoms with van der Waals surface area (Å²) in [6, 6.07) is 4.64. The van der Waals surface area contributed by atoms with Crippen molar-refractivity contribution in [2.75, 3.05) is 28.6 Å². The van der Waals surface area contributed by atoms with E-state index in [1.165, 1.54) is 6.07 Å². The SMILES string of the molecule is O=C1CC(C(=O)Nc2ccc(Cl)cc2Cl)c2c(nc(N3CCCC3)[nH]c2=O)N1. The minimum absolute atomic E-state index is 0.129. The van der Waals surface area contributed by atoms with Gasteiger partial charge in [-0.2, -0.15) is 4.98 Å². The number of anilines is 3. The first kappa shape index (κ1) is 18.8. The van der Waals surface area contributed by atoms with Gasteiger partial charge in [-0.3, -0.25) is 19.4 Å². The number of benzene rings is 1. The number of aromatic nitrogens is 2. The fourth-order valence-electron chi connectivity index (χ4n) is 3.47. The zero-order chi connectivity index (χ0) is 19.8. The number of amides is 2. The first-order chi connectivity index (χ1) is 13.4. The summed E-state index contributed by atoms with van der Waals surface area (Å²) in [5.41, 5.74) is 0.0565. The molecule has 28 heavy (non-hydrogen) atoms. The van der Waals surface area contributed by atoms with E-state index in [-0.39, 0.29) is 28.7 Å². The molecule has 2 aliphatic heterocycles. The van der Waals surface area contributed by atoms with Gasteiger partial charge in [0.15, 0.2) is 0 Å². The van der Waals surface area contributed by atoms with Gasteiger partial charge in [-0.1, -0.05) is 23.2 Å². The van der Waals surface area contributed by atoms with Crippen LogP contribution in [0.1, 0.15) is 30.7 Å². The number of hydrogen-bond acceptors (Lipinski definition) is 5. The molecule has 1 atom stereocenters. The van der Waals surface area contributed by atoms with Gasteiger partial charge in [-0.25, -0.2) is 0 Å². The highest BCUT2D eigenvalue weighted by molar-refractivity contribution is 6.36. The maximum Gasteiger partial charge on any atom is 0.258 e. The van der Waals surface area contributed by atoms with E-state index >= 15 is 0 Å². The van der Waals surface area contributed by atoms with Crippen LogP contribution in [0.2, 0.25) is 10.0 Å². The molecule has 1 saturated heterocycles. The second-order valence-corrected chi connectivity index (χ2v) is 7.61. The molecule has 4 rings (SSSR count). The topological polar surface area (TPSA) is 107 Å². The van der Waals surface area contributed by atoms with Crippen molar-refractivity contribution in [2.24, 2.45) is 0 Å². The quantitative estimate of drug-likeness (QED) is 0.705. The molecule has 1 aromatic heterocycles. The average molecular weight is 422 g/mol. The molecular weight excluding hydrogens is 405 g/mol. The molecule has 1 unspecified atom stereocenters. The largest absolute Gasteiger partial charge is 0.342 e. The summed E-state index contributed by atoms with van der Waals surface area (Å²) in [6.45, 7) is 1.57. The van der Waals surface area contributed by atoms with Crippen LogP contribution in [-0.2, 0) is 9.59 Å². The summed E-state index contributed by atoms with van der Waals surface area (Å²) in [5, 5.41) is 5.97. The molecule has 1 aromatic carbocycles. The van der Waals surface area contributed by atoms with E-state index in [1.54, 1.807) is 12.1 Å². The number of nitrogens with zero attached hydrogens (tertiary/aromatic N) is 2. The van der Waals surface area contributed by atoms with Crippen molar-refractivity contribution in [2.45, 2.75) is 25.2 Å². The summed E-state index contributed by atoms with van der Waals surface area (Å²) in [4.78, 5) is 46.8. The normalized spacial score (nSPS) is 18.6. The fourth-order valence-corrected chi connectivity index (χ4v) is 3.93. The van der Waals surface area contributed by atoms with E-state index < -0.39 is 17.4 Å². The van der Waals surface area contributed by atoms with Crippen LogP contribution in [0, 0.1) is 0 Å². The Morgan fingerprint density at radius 1 is 1.21 bits per heavy atom. The monoisotopic (exact) mass is 421 g/mol. The van der Waals surface area contributed by atoms with Gasteiger partial charge >= 0.3 is 0 Å². The number of carbonyl (C=O) groups excluding carboxylic acids is 2. The molecule has 2 aromatic rings. The first-order valence-corrected chi connectivity index (χ1v) is 9.63. The van der Waals surface area contributed by atoms with Crippen LogP contribution in [0.3, 0.4) is 0 Å². The maximum absolute atomic E-state index is 12.8. The van der Waals surface area contributed by atoms with Crippen molar-refractivity contribution >= 4 is 52.5 Å². The highest BCUT2D eigenvalue weighted by Crippen LogP contribution is 2.32. The Hall–Kier alpha value is -2.58. The van der Waals surface area contributed by atoms with Crippen LogP contribution >= 0.6 is 23.2 Å². The molecule has 1 fully saturated rings. The molecule has 0 aliphatic carbocycles. The minimum atomic E-state index is -0.973. The molecule has 0 radical (unpaired) electrons. The van der Waals surface area contributed by atoms with E-state index in [1.807, 2.05) is 4.90 Å². The number of halogens is 2. The number of fused-ring (bicyclic) bond motifs is 1. The number of H-pyrrole nitrogens is 1. The van der Waals surface area contributed by atoms with Crippen molar-refractivity contribution in [3.8, 4) is 0 Å². The Bertz CT molecular complexity index is 1020. The van der Waals surface area contributed by atoms with Crippen LogP contribution in [0.4, 0.5) is 17.5 Å². The highest BCUT2D eigenvalue weighted by Gasteiger charge is 2.35. The van der Waals surface area contributed by atoms with Gasteiger partial charge in [0, 0.05) is 24.5 Å². The van der Waals surface area contributed by atoms with Gasteiger partial charge < -0.3 is 15.5 Å². The number of hydrogen-bond donors (Lipinski definition) is 3. The molecule has 3 N–H and O–H groups in total. The summed E-state index contributed by atoms with van der Waals surface area (Å²) in [7, 11) is 0. The van der Waals surface area contributed by atoms with E-state index in [4.69, 9.17) is 23.2 Å². The lowest BCUT2D eigenvalue weighted by Gasteiger charge is -2.25. The van der Waals surface area contributed by atoms with Gasteiger partial charge in [0.25, 0.3) is 5.56 Å². The Kier molecular flexibility index (Phi) is 4.99. The van der Waals surface area contributed by atoms with Gasteiger partial charge in [0.1, 0.15) is 5.82 Å². The van der Waals surface area contributed by atoms with Crippen LogP contribution in [0.15, 0.2) is 23.0 Å². The van der Waals surface area contributed by atoms with Crippen LogP contribution in [-0.4, -0.2) is 34.9 Å². The summed E-state index contributed by atoms with van der Waals surface area (Å²) >= 11 is 12.0. The lowest BCUT2D eigenvalue weighted by molar-refractivity contribution is -0.123. The Labute approximate surface area is 170 Å². The third-order valence-electron chi connectivity index (χ3n) is 4.85. The number of aromatic amines is 1. The standard InChI is InChI=1S/C18H17Cl2N5O3/c19-9-3-4-12(11(20)7-9)21-16(27)10-8-13(26)22-15-14(10)17(28)24-18(23-15)25-5-1-2-6-25/h3-4,7,10H,1-2,5-6,8H2,(H,21,27)(H2,22,23,24,26,28). The van der Waals surface area contributed by atoms with Crippen LogP contribution < -0.4 is 21.1 Å². The molecule has 8 nitrogen and oxygen atoms in total. The van der Waals surface area contributed by atoms with Crippen LogP contribution in [0.5, 0.6) is 0 Å². The molecule has 0 saturated carbocycles. The van der Waals surface area contributed by atoms with Crippen molar-refractivity contribution in [3.63, 3.8) is 0 Å². The molecule has 3 heterocycles. The average Bonchev–Trinajstić information content (AvgIpc) is 3.17. The maximum atomic E-state index is 12.8. The lowest BCUT2D eigenvalue weighted by Crippen LogP contribution is -2.37. The minimum Gasteiger partial charge on any atom is -0.342 e. The zero-order valence-electron chi connectivity index (χ0n) is 14.7. The summed E-state index contributed by atoms with van der Waals surface area (Å²) in [6.07, 6.45) is 1.87. The molecule has 2 aliphatic rings. The number of carbonyl (C=O) groups is 2. The smallest absolute Gasteiger partial charge is 0.258 e. The second-order valence-electron chi connectivity index (χ2n) is 6.76. The predicted octanol–water partition coefficient (Wildman–Crippen LogP) is 2.74. The third kappa shape index (κ3) is 3.57. The number of nitrogens with one attached hydrogen (secondary N) is 3. The molecule has 146 valence electrons. The molecule has 10 heteroatoms. The van der Waals surface area contributed by atoms with Gasteiger partial charge in [0.2, 0.25) is 17.8 Å². The van der Waals surface area contributed by atoms with Gasteiger partial charge in [-0.05, 0) is 31.0 Å². The predicted molar refractivity (Wildman–Crippen MR) is 107 cm³/mol. The van der Waals surface area contributed by atoms with E-state index in [9.17, 15) is 14.4 Å². The Morgan fingerprint density at radius 3 is 2.68 bits per heavy atom. The second kappa shape index (κ2) is 7.44. The van der Waals surface area contributed by atoms with E-state index in [0.717, 1.165) is 25.9 Å². The third-order valence-corrected chi connectivity index (χ3v) is 5.40. The molecule has 2 amide bonds. The van der Waals surface area contributed by atoms with E-state index in [2.05, 4.69) is 20.6 Å². The lowest BCUT2D eigenvalue weighted by atomic mass is 9.92. The van der Waals surface area contributed by atoms with Crippen molar-refractivity contribution in [3.05, 3.63) is 44.2 Å². The Morgan fingerprint density at radius 2 is 1.96 bits per heavy atom.